The number of aromatic nitrogens is 6. The van der Waals surface area contributed by atoms with Crippen LogP contribution in [0.4, 0.5) is 38.0 Å². The number of amides is 4. The van der Waals surface area contributed by atoms with Crippen molar-refractivity contribution in [3.05, 3.63) is 104 Å². The normalized spacial score (nSPS) is 19.3. The summed E-state index contributed by atoms with van der Waals surface area (Å²) in [6, 6.07) is 12.6. The molecule has 6 aromatic rings. The van der Waals surface area contributed by atoms with Gasteiger partial charge in [0.25, 0.3) is 23.6 Å². The van der Waals surface area contributed by atoms with E-state index in [1.165, 1.54) is 40.7 Å². The zero-order chi connectivity index (χ0) is 42.0. The Kier molecular flexibility index (Phi) is 8.59. The molecule has 20 heteroatoms. The molecule has 12 nitrogen and oxygen atoms in total. The summed E-state index contributed by atoms with van der Waals surface area (Å²) < 4.78 is 85.6. The lowest BCUT2D eigenvalue weighted by Crippen LogP contribution is -2.35. The number of anilines is 2. The van der Waals surface area contributed by atoms with E-state index in [0.717, 1.165) is 28.6 Å². The van der Waals surface area contributed by atoms with E-state index in [4.69, 9.17) is 5.10 Å². The summed E-state index contributed by atoms with van der Waals surface area (Å²) in [5.74, 6) is -3.21. The molecule has 0 unspecified atom stereocenters. The zero-order valence-electron chi connectivity index (χ0n) is 31.0. The van der Waals surface area contributed by atoms with Crippen LogP contribution in [0.2, 0.25) is 0 Å². The number of hydrogen-bond acceptors (Lipinski definition) is 10. The third kappa shape index (κ3) is 5.85. The number of aryl methyl sites for hydroxylation is 1. The molecule has 0 saturated heterocycles. The number of benzene rings is 2. The van der Waals surface area contributed by atoms with Gasteiger partial charge in [0.05, 0.1) is 37.7 Å². The van der Waals surface area contributed by atoms with E-state index >= 15 is 0 Å². The van der Waals surface area contributed by atoms with Gasteiger partial charge in [0, 0.05) is 37.1 Å². The Bertz CT molecular complexity index is 2740. The highest BCUT2D eigenvalue weighted by atomic mass is 32.1. The number of carbonyl (C=O) groups is 4. The first-order chi connectivity index (χ1) is 28.6. The third-order valence-corrected chi connectivity index (χ3v) is 13.7. The van der Waals surface area contributed by atoms with Gasteiger partial charge in [0.15, 0.2) is 15.8 Å². The van der Waals surface area contributed by atoms with Crippen LogP contribution >= 0.6 is 22.7 Å². The maximum atomic E-state index is 14.0. The van der Waals surface area contributed by atoms with Gasteiger partial charge in [-0.25, -0.2) is 24.4 Å². The second-order valence-corrected chi connectivity index (χ2v) is 17.2. The fraction of sp³-hybridized carbons (Fsp3) is 0.300. The fourth-order valence-electron chi connectivity index (χ4n) is 8.60. The molecule has 6 heterocycles. The van der Waals surface area contributed by atoms with Crippen LogP contribution in [0.5, 0.6) is 0 Å². The molecule has 2 aromatic carbocycles. The molecule has 2 fully saturated rings. The van der Waals surface area contributed by atoms with Gasteiger partial charge in [-0.05, 0) is 67.7 Å². The van der Waals surface area contributed by atoms with E-state index in [2.05, 4.69) is 15.1 Å². The molecule has 0 N–H and O–H groups in total. The van der Waals surface area contributed by atoms with Gasteiger partial charge in [-0.1, -0.05) is 30.7 Å². The molecule has 2 aliphatic carbocycles. The van der Waals surface area contributed by atoms with E-state index in [9.17, 15) is 45.5 Å². The first-order valence-corrected chi connectivity index (χ1v) is 20.4. The van der Waals surface area contributed by atoms with E-state index in [0.29, 0.717) is 59.5 Å². The van der Waals surface area contributed by atoms with Crippen LogP contribution in [0.25, 0.3) is 21.1 Å². The van der Waals surface area contributed by atoms with Crippen molar-refractivity contribution in [2.45, 2.75) is 62.8 Å². The number of hydrogen-bond donors (Lipinski definition) is 0. The third-order valence-electron chi connectivity index (χ3n) is 11.6. The Morgan fingerprint density at radius 2 is 1.17 bits per heavy atom. The molecule has 0 spiro atoms. The van der Waals surface area contributed by atoms with Crippen molar-refractivity contribution in [1.82, 2.24) is 29.5 Å². The van der Waals surface area contributed by atoms with Gasteiger partial charge in [-0.15, -0.1) is 22.7 Å². The predicted molar refractivity (Wildman–Crippen MR) is 205 cm³/mol. The minimum atomic E-state index is -4.72. The lowest BCUT2D eigenvalue weighted by atomic mass is 9.71. The highest BCUT2D eigenvalue weighted by molar-refractivity contribution is 7.15. The number of nitrogens with zero attached hydrogens (tertiary/aromatic N) is 8. The molecule has 0 bridgehead atoms. The Morgan fingerprint density at radius 3 is 1.65 bits per heavy atom. The second kappa shape index (κ2) is 13.5. The summed E-state index contributed by atoms with van der Waals surface area (Å²) in [4.78, 5) is 65.0. The molecule has 4 aliphatic rings. The first-order valence-electron chi connectivity index (χ1n) is 18.8. The SMILES string of the molecule is Cn1nc(N2C(=O)c3ccccc3C2=O)c(C2CC(Cn3nc(-c4cnc(C(F)(F)F)s4)c(C4CCC4)c3N3C(=O)c4ccccc4C3=O)C2)c1-c1cnc(C(F)(F)F)s1. The van der Waals surface area contributed by atoms with Gasteiger partial charge < -0.3 is 0 Å². The molecule has 4 aromatic heterocycles. The smallest absolute Gasteiger partial charge is 0.268 e. The van der Waals surface area contributed by atoms with Crippen LogP contribution in [0.3, 0.4) is 0 Å². The lowest BCUT2D eigenvalue weighted by Gasteiger charge is -2.37. The molecule has 0 atom stereocenters. The van der Waals surface area contributed by atoms with Crippen LogP contribution in [-0.4, -0.2) is 53.2 Å². The molecule has 306 valence electrons. The van der Waals surface area contributed by atoms with Crippen molar-refractivity contribution in [1.29, 1.82) is 0 Å². The molecular weight excluding hydrogens is 835 g/mol. The minimum Gasteiger partial charge on any atom is -0.268 e. The average Bonchev–Trinajstić information content (AvgIpc) is 4.02. The number of alkyl halides is 6. The second-order valence-electron chi connectivity index (χ2n) is 15.2. The largest absolute Gasteiger partial charge is 0.443 e. The van der Waals surface area contributed by atoms with Crippen LogP contribution in [0, 0.1) is 5.92 Å². The van der Waals surface area contributed by atoms with Gasteiger partial charge >= 0.3 is 12.4 Å². The molecule has 2 saturated carbocycles. The number of halogens is 6. The number of carbonyl (C=O) groups excluding carboxylic acids is 4. The molecule has 4 amide bonds. The Balaban J connectivity index is 1.05. The highest BCUT2D eigenvalue weighted by Crippen LogP contribution is 2.53. The Hall–Kier alpha value is -6.02. The van der Waals surface area contributed by atoms with Crippen molar-refractivity contribution in [3.63, 3.8) is 0 Å². The van der Waals surface area contributed by atoms with Gasteiger partial charge in [0.1, 0.15) is 11.5 Å². The summed E-state index contributed by atoms with van der Waals surface area (Å²) in [6.45, 7) is 0.0978. The van der Waals surface area contributed by atoms with E-state index in [1.54, 1.807) is 24.3 Å². The van der Waals surface area contributed by atoms with Crippen LogP contribution in [0.15, 0.2) is 60.9 Å². The van der Waals surface area contributed by atoms with Crippen LogP contribution in [-0.2, 0) is 25.9 Å². The first kappa shape index (κ1) is 38.2. The maximum Gasteiger partial charge on any atom is 0.443 e. The van der Waals surface area contributed by atoms with Gasteiger partial charge in [-0.2, -0.15) is 36.5 Å². The molecule has 60 heavy (non-hydrogen) atoms. The van der Waals surface area contributed by atoms with Crippen molar-refractivity contribution >= 4 is 57.9 Å². The number of thiazole rings is 2. The zero-order valence-corrected chi connectivity index (χ0v) is 32.7. The van der Waals surface area contributed by atoms with Crippen LogP contribution in [0.1, 0.15) is 107 Å². The monoisotopic (exact) mass is 862 g/mol. The number of fused-ring (bicyclic) bond motifs is 2. The lowest BCUT2D eigenvalue weighted by molar-refractivity contribution is -0.138. The summed E-state index contributed by atoms with van der Waals surface area (Å²) in [6.07, 6.45) is -4.43. The molecular formula is C40H28F6N8O4S2. The fourth-order valence-corrected chi connectivity index (χ4v) is 10.3. The van der Waals surface area contributed by atoms with Crippen molar-refractivity contribution < 1.29 is 45.5 Å². The van der Waals surface area contributed by atoms with Gasteiger partial charge in [-0.3, -0.25) is 23.9 Å². The Morgan fingerprint density at radius 1 is 0.667 bits per heavy atom. The maximum absolute atomic E-state index is 14.0. The Labute approximate surface area is 343 Å². The van der Waals surface area contributed by atoms with Gasteiger partial charge in [0.2, 0.25) is 0 Å². The standard InChI is InChI=1S/C40H28F6N8O4S2/c1-51-30(26-16-48-38(60-26)40(44,45)46)28(31(50-51)53-33(55)21-9-2-3-10-22(21)34(53)56)20-13-18(14-20)17-52-32(54-35(57)23-11-4-5-12-24(23)36(54)58)27(19-7-6-8-19)29(49-52)25-15-47-37(59-25)39(41,42)43/h2-5,9-12,15-16,18-20H,6-8,13-14,17H2,1H3. The molecule has 10 rings (SSSR count). The van der Waals surface area contributed by atoms with Crippen molar-refractivity contribution in [3.8, 4) is 21.1 Å². The molecule has 0 radical (unpaired) electrons. The van der Waals surface area contributed by atoms with E-state index in [-0.39, 0.29) is 73.4 Å². The van der Waals surface area contributed by atoms with E-state index < -0.39 is 51.9 Å². The summed E-state index contributed by atoms with van der Waals surface area (Å²) >= 11 is 0.825. The number of imide groups is 2. The topological polar surface area (TPSA) is 136 Å². The summed E-state index contributed by atoms with van der Waals surface area (Å²) in [5, 5.41) is 7.24. The predicted octanol–water partition coefficient (Wildman–Crippen LogP) is 8.96. The van der Waals surface area contributed by atoms with Crippen molar-refractivity contribution in [2.75, 3.05) is 9.80 Å². The number of rotatable bonds is 8. The summed E-state index contributed by atoms with van der Waals surface area (Å²) in [7, 11) is 1.51. The highest BCUT2D eigenvalue weighted by Gasteiger charge is 2.47. The van der Waals surface area contributed by atoms with Crippen LogP contribution < -0.4 is 9.80 Å². The quantitative estimate of drug-likeness (QED) is 0.109. The summed E-state index contributed by atoms with van der Waals surface area (Å²) in [5.41, 5.74) is 1.99. The molecule has 2 aliphatic heterocycles. The average molecular weight is 863 g/mol. The minimum absolute atomic E-state index is 0.0184. The van der Waals surface area contributed by atoms with E-state index in [1.807, 2.05) is 0 Å². The van der Waals surface area contributed by atoms with Crippen molar-refractivity contribution in [2.24, 2.45) is 13.0 Å².